The van der Waals surface area contributed by atoms with Crippen molar-refractivity contribution in [3.8, 4) is 0 Å². The highest BCUT2D eigenvalue weighted by atomic mass is 32.2. The van der Waals surface area contributed by atoms with Crippen molar-refractivity contribution in [3.05, 3.63) is 6.33 Å². The lowest BCUT2D eigenvalue weighted by Gasteiger charge is -2.18. The van der Waals surface area contributed by atoms with Gasteiger partial charge in [0, 0.05) is 24.6 Å². The number of hydrogen-bond donors (Lipinski definition) is 2. The number of thioether (sulfide) groups is 1. The molecule has 2 saturated carbocycles. The van der Waals surface area contributed by atoms with E-state index < -0.39 is 0 Å². The van der Waals surface area contributed by atoms with Crippen molar-refractivity contribution < 1.29 is 9.90 Å². The van der Waals surface area contributed by atoms with Crippen LogP contribution >= 0.6 is 11.8 Å². The fraction of sp³-hybridized carbons (Fsp3) is 0.769. The van der Waals surface area contributed by atoms with Gasteiger partial charge in [-0.05, 0) is 25.7 Å². The van der Waals surface area contributed by atoms with Gasteiger partial charge >= 0.3 is 0 Å². The zero-order valence-electron chi connectivity index (χ0n) is 11.4. The molecule has 2 N–H and O–H groups in total. The molecular weight excluding hydrogens is 276 g/mol. The SMILES string of the molecule is O=C(CSc1nncn1C1CC1)NC1CCCC1CO. The topological polar surface area (TPSA) is 80.0 Å². The Kier molecular flexibility index (Phi) is 4.26. The van der Waals surface area contributed by atoms with Crippen LogP contribution in [0.1, 0.15) is 38.1 Å². The Hall–Kier alpha value is -1.08. The second-order valence-electron chi connectivity index (χ2n) is 5.59. The molecule has 7 heteroatoms. The molecule has 2 aliphatic carbocycles. The molecule has 2 aliphatic rings. The molecule has 0 saturated heterocycles. The van der Waals surface area contributed by atoms with E-state index in [0.717, 1.165) is 24.4 Å². The molecule has 3 rings (SSSR count). The molecule has 6 nitrogen and oxygen atoms in total. The van der Waals surface area contributed by atoms with Crippen molar-refractivity contribution in [2.45, 2.75) is 49.3 Å². The Balaban J connectivity index is 1.48. The number of carbonyl (C=O) groups excluding carboxylic acids is 1. The average molecular weight is 296 g/mol. The molecule has 0 radical (unpaired) electrons. The van der Waals surface area contributed by atoms with Gasteiger partial charge < -0.3 is 15.0 Å². The van der Waals surface area contributed by atoms with Crippen LogP contribution in [0.3, 0.4) is 0 Å². The van der Waals surface area contributed by atoms with Crippen molar-refractivity contribution in [2.24, 2.45) is 5.92 Å². The van der Waals surface area contributed by atoms with Crippen molar-refractivity contribution in [1.82, 2.24) is 20.1 Å². The Bertz CT molecular complexity index is 475. The van der Waals surface area contributed by atoms with Gasteiger partial charge in [-0.1, -0.05) is 18.2 Å². The lowest BCUT2D eigenvalue weighted by molar-refractivity contribution is -0.119. The molecule has 1 aromatic rings. The summed E-state index contributed by atoms with van der Waals surface area (Å²) in [6, 6.07) is 0.665. The van der Waals surface area contributed by atoms with E-state index in [1.165, 1.54) is 24.6 Å². The van der Waals surface area contributed by atoms with Crippen molar-refractivity contribution in [2.75, 3.05) is 12.4 Å². The highest BCUT2D eigenvalue weighted by Gasteiger charge is 2.29. The highest BCUT2D eigenvalue weighted by Crippen LogP contribution is 2.37. The molecule has 2 atom stereocenters. The normalized spacial score (nSPS) is 25.9. The van der Waals surface area contributed by atoms with Gasteiger partial charge in [-0.15, -0.1) is 10.2 Å². The van der Waals surface area contributed by atoms with Crippen LogP contribution in [0.5, 0.6) is 0 Å². The monoisotopic (exact) mass is 296 g/mol. The summed E-state index contributed by atoms with van der Waals surface area (Å²) in [4.78, 5) is 12.0. The molecular formula is C13H20N4O2S. The maximum absolute atomic E-state index is 12.0. The third kappa shape index (κ3) is 3.15. The van der Waals surface area contributed by atoms with E-state index in [4.69, 9.17) is 0 Å². The minimum Gasteiger partial charge on any atom is -0.396 e. The van der Waals surface area contributed by atoms with Gasteiger partial charge in [-0.2, -0.15) is 0 Å². The summed E-state index contributed by atoms with van der Waals surface area (Å²) >= 11 is 1.44. The number of aliphatic hydroxyl groups is 1. The average Bonchev–Trinajstić information content (AvgIpc) is 3.01. The van der Waals surface area contributed by atoms with Crippen LogP contribution in [-0.4, -0.2) is 44.2 Å². The molecule has 1 amide bonds. The minimum absolute atomic E-state index is 0.0192. The Morgan fingerprint density at radius 2 is 2.30 bits per heavy atom. The zero-order valence-corrected chi connectivity index (χ0v) is 12.2. The molecule has 0 aliphatic heterocycles. The van der Waals surface area contributed by atoms with Crippen molar-refractivity contribution >= 4 is 17.7 Å². The molecule has 20 heavy (non-hydrogen) atoms. The van der Waals surface area contributed by atoms with Crippen LogP contribution in [0, 0.1) is 5.92 Å². The number of aliphatic hydroxyl groups excluding tert-OH is 1. The highest BCUT2D eigenvalue weighted by molar-refractivity contribution is 7.99. The van der Waals surface area contributed by atoms with E-state index in [-0.39, 0.29) is 24.5 Å². The van der Waals surface area contributed by atoms with E-state index in [1.807, 2.05) is 0 Å². The number of amides is 1. The largest absolute Gasteiger partial charge is 0.396 e. The Morgan fingerprint density at radius 1 is 1.45 bits per heavy atom. The molecule has 0 aromatic carbocycles. The number of hydrogen-bond acceptors (Lipinski definition) is 5. The first kappa shape index (κ1) is 13.9. The second-order valence-corrected chi connectivity index (χ2v) is 6.53. The number of carbonyl (C=O) groups is 1. The summed E-state index contributed by atoms with van der Waals surface area (Å²) in [6.07, 6.45) is 7.16. The Morgan fingerprint density at radius 3 is 3.05 bits per heavy atom. The van der Waals surface area contributed by atoms with Gasteiger partial charge in [-0.25, -0.2) is 0 Å². The van der Waals surface area contributed by atoms with Gasteiger partial charge in [0.2, 0.25) is 5.91 Å². The first-order chi connectivity index (χ1) is 9.78. The summed E-state index contributed by atoms with van der Waals surface area (Å²) in [6.45, 7) is 0.161. The third-order valence-corrected chi connectivity index (χ3v) is 5.01. The number of nitrogens with zero attached hydrogens (tertiary/aromatic N) is 3. The quantitative estimate of drug-likeness (QED) is 0.765. The van der Waals surface area contributed by atoms with Crippen molar-refractivity contribution in [3.63, 3.8) is 0 Å². The predicted molar refractivity (Wildman–Crippen MR) is 75.4 cm³/mol. The van der Waals surface area contributed by atoms with Gasteiger partial charge in [0.1, 0.15) is 6.33 Å². The predicted octanol–water partition coefficient (Wildman–Crippen LogP) is 0.982. The van der Waals surface area contributed by atoms with Gasteiger partial charge in [0.05, 0.1) is 5.75 Å². The fourth-order valence-electron chi connectivity index (χ4n) is 2.76. The molecule has 0 bridgehead atoms. The van der Waals surface area contributed by atoms with Gasteiger partial charge in [-0.3, -0.25) is 4.79 Å². The van der Waals surface area contributed by atoms with E-state index >= 15 is 0 Å². The molecule has 1 heterocycles. The Labute approximate surface area is 122 Å². The van der Waals surface area contributed by atoms with E-state index in [2.05, 4.69) is 20.1 Å². The van der Waals surface area contributed by atoms with Crippen LogP contribution < -0.4 is 5.32 Å². The summed E-state index contributed by atoms with van der Waals surface area (Å²) in [5.74, 6) is 0.602. The third-order valence-electron chi connectivity index (χ3n) is 4.05. The smallest absolute Gasteiger partial charge is 0.230 e. The first-order valence-corrected chi connectivity index (χ1v) is 8.19. The summed E-state index contributed by atoms with van der Waals surface area (Å²) in [5, 5.41) is 21.1. The maximum Gasteiger partial charge on any atom is 0.230 e. The van der Waals surface area contributed by atoms with Crippen molar-refractivity contribution in [1.29, 1.82) is 0 Å². The maximum atomic E-state index is 12.0. The summed E-state index contributed by atoms with van der Waals surface area (Å²) < 4.78 is 2.06. The first-order valence-electron chi connectivity index (χ1n) is 7.20. The number of rotatable bonds is 6. The summed E-state index contributed by atoms with van der Waals surface area (Å²) in [5.41, 5.74) is 0. The minimum atomic E-state index is 0.0192. The second kappa shape index (κ2) is 6.13. The van der Waals surface area contributed by atoms with Crippen LogP contribution in [-0.2, 0) is 4.79 Å². The van der Waals surface area contributed by atoms with E-state index in [1.54, 1.807) is 6.33 Å². The zero-order chi connectivity index (χ0) is 13.9. The van der Waals surface area contributed by atoms with E-state index in [9.17, 15) is 9.90 Å². The van der Waals surface area contributed by atoms with Crippen LogP contribution in [0.4, 0.5) is 0 Å². The molecule has 2 fully saturated rings. The molecule has 1 aromatic heterocycles. The van der Waals surface area contributed by atoms with Crippen LogP contribution in [0.25, 0.3) is 0 Å². The lowest BCUT2D eigenvalue weighted by Crippen LogP contribution is -2.39. The molecule has 2 unspecified atom stereocenters. The van der Waals surface area contributed by atoms with E-state index in [0.29, 0.717) is 11.8 Å². The van der Waals surface area contributed by atoms with Gasteiger partial charge in [0.15, 0.2) is 5.16 Å². The lowest BCUT2D eigenvalue weighted by atomic mass is 10.1. The summed E-state index contributed by atoms with van der Waals surface area (Å²) in [7, 11) is 0. The molecule has 0 spiro atoms. The van der Waals surface area contributed by atoms with Crippen LogP contribution in [0.2, 0.25) is 0 Å². The standard InChI is InChI=1S/C13H20N4O2S/c18-6-9-2-1-3-11(9)15-12(19)7-20-13-16-14-8-17(13)10-4-5-10/h8-11,18H,1-7H2,(H,15,19). The molecule has 110 valence electrons. The van der Waals surface area contributed by atoms with Gasteiger partial charge in [0.25, 0.3) is 0 Å². The number of aromatic nitrogens is 3. The number of nitrogens with one attached hydrogen (secondary N) is 1. The van der Waals surface area contributed by atoms with Crippen LogP contribution in [0.15, 0.2) is 11.5 Å². The fourth-order valence-corrected chi connectivity index (χ4v) is 3.56.